The molecule has 0 aliphatic carbocycles. The Morgan fingerprint density at radius 3 is 2.72 bits per heavy atom. The first-order chi connectivity index (χ1) is 18.9. The number of anilines is 4. The van der Waals surface area contributed by atoms with Gasteiger partial charge in [0.15, 0.2) is 0 Å². The highest BCUT2D eigenvalue weighted by Crippen LogP contribution is 2.35. The highest BCUT2D eigenvalue weighted by Gasteiger charge is 2.41. The number of amides is 1. The number of pyridine rings is 1. The molecule has 1 fully saturated rings. The molecule has 3 aromatic rings. The molecule has 10 heteroatoms. The number of carbonyl (C=O) groups is 2. The van der Waals surface area contributed by atoms with Crippen molar-refractivity contribution in [1.29, 1.82) is 0 Å². The van der Waals surface area contributed by atoms with E-state index in [-0.39, 0.29) is 11.7 Å². The molecule has 10 nitrogen and oxygen atoms in total. The minimum atomic E-state index is -1.59. The van der Waals surface area contributed by atoms with Crippen molar-refractivity contribution in [2.45, 2.75) is 5.79 Å². The van der Waals surface area contributed by atoms with Crippen molar-refractivity contribution in [2.75, 3.05) is 61.2 Å². The second-order valence-corrected chi connectivity index (χ2v) is 9.46. The van der Waals surface area contributed by atoms with Gasteiger partial charge in [0, 0.05) is 79.0 Å². The normalized spacial score (nSPS) is 18.5. The average Bonchev–Trinajstić information content (AvgIpc) is 2.97. The van der Waals surface area contributed by atoms with E-state index in [9.17, 15) is 9.59 Å². The number of hydrogen-bond acceptors (Lipinski definition) is 9. The molecule has 2 aromatic carbocycles. The van der Waals surface area contributed by atoms with Crippen LogP contribution in [0.4, 0.5) is 22.7 Å². The number of hydrogen-bond donors (Lipinski definition) is 3. The number of nitrogens with one attached hydrogen (secondary N) is 3. The summed E-state index contributed by atoms with van der Waals surface area (Å²) in [7, 11) is 3.73. The van der Waals surface area contributed by atoms with E-state index < -0.39 is 5.79 Å². The van der Waals surface area contributed by atoms with E-state index in [1.807, 2.05) is 18.2 Å². The Morgan fingerprint density at radius 1 is 1.13 bits per heavy atom. The molecule has 5 rings (SSSR count). The molecule has 2 aliphatic rings. The number of aromatic nitrogens is 1. The summed E-state index contributed by atoms with van der Waals surface area (Å²) in [5.41, 5.74) is 3.92. The third-order valence-electron chi connectivity index (χ3n) is 6.84. The molecule has 0 saturated carbocycles. The van der Waals surface area contributed by atoms with Crippen molar-refractivity contribution in [3.05, 3.63) is 84.7 Å². The van der Waals surface area contributed by atoms with Crippen molar-refractivity contribution >= 4 is 40.7 Å². The highest BCUT2D eigenvalue weighted by atomic mass is 16.5. The third kappa shape index (κ3) is 5.46. The largest absolute Gasteiger partial charge is 0.495 e. The van der Waals surface area contributed by atoms with Gasteiger partial charge in [0.1, 0.15) is 5.75 Å². The summed E-state index contributed by atoms with van der Waals surface area (Å²) in [5, 5.41) is 9.32. The molecular weight excluding hydrogens is 494 g/mol. The quantitative estimate of drug-likeness (QED) is 0.303. The minimum absolute atomic E-state index is 0.346. The standard InChI is InChI=1S/C29H31N7O3/c1-4-27(37)32-22-7-5-6-20(16-22)28(38)29(31-19-21-18-30-11-10-24(21)33-29)34-25-9-8-23(17-26(25)39-3)36-14-12-35(2)13-15-36/h4-11,16-19,33-34H,1,12-15H2,2-3H3,(H,32,37). The lowest BCUT2D eigenvalue weighted by Crippen LogP contribution is -2.53. The third-order valence-corrected chi connectivity index (χ3v) is 6.84. The number of likely N-dealkylation sites (N-methyl/N-ethyl adjacent to an activating group) is 1. The number of aliphatic imine (C=N–C) groups is 1. The first kappa shape index (κ1) is 25.9. The topological polar surface area (TPSA) is 111 Å². The van der Waals surface area contributed by atoms with Crippen LogP contribution in [0.15, 0.2) is 78.6 Å². The van der Waals surface area contributed by atoms with Gasteiger partial charge in [0.2, 0.25) is 11.7 Å². The molecule has 3 heterocycles. The molecule has 2 aliphatic heterocycles. The number of ketones is 1. The molecule has 0 spiro atoms. The van der Waals surface area contributed by atoms with E-state index in [0.717, 1.165) is 37.4 Å². The molecule has 1 atom stereocenters. The second kappa shape index (κ2) is 11.0. The summed E-state index contributed by atoms with van der Waals surface area (Å²) in [6, 6.07) is 14.4. The molecule has 3 N–H and O–H groups in total. The van der Waals surface area contributed by atoms with Gasteiger partial charge in [0.25, 0.3) is 5.79 Å². The number of Topliss-reactive ketones (excluding diaryl/α,β-unsaturated/α-hetero) is 1. The number of ether oxygens (including phenoxy) is 1. The number of methoxy groups -OCH3 is 1. The van der Waals surface area contributed by atoms with Gasteiger partial charge in [-0.15, -0.1) is 0 Å². The first-order valence-electron chi connectivity index (χ1n) is 12.7. The van der Waals surface area contributed by atoms with Crippen LogP contribution in [-0.4, -0.2) is 73.9 Å². The summed E-state index contributed by atoms with van der Waals surface area (Å²) in [4.78, 5) is 39.4. The van der Waals surface area contributed by atoms with E-state index in [0.29, 0.717) is 28.4 Å². The highest BCUT2D eigenvalue weighted by molar-refractivity contribution is 6.10. The zero-order valence-electron chi connectivity index (χ0n) is 22.0. The molecule has 39 heavy (non-hydrogen) atoms. The van der Waals surface area contributed by atoms with Crippen LogP contribution in [0.1, 0.15) is 15.9 Å². The minimum Gasteiger partial charge on any atom is -0.495 e. The Kier molecular flexibility index (Phi) is 7.29. The van der Waals surface area contributed by atoms with Crippen LogP contribution in [0.3, 0.4) is 0 Å². The number of benzene rings is 2. The van der Waals surface area contributed by atoms with Crippen LogP contribution in [-0.2, 0) is 4.79 Å². The lowest BCUT2D eigenvalue weighted by Gasteiger charge is -2.36. The van der Waals surface area contributed by atoms with Gasteiger partial charge >= 0.3 is 0 Å². The molecule has 0 bridgehead atoms. The number of carbonyl (C=O) groups excluding carboxylic acids is 2. The zero-order valence-corrected chi connectivity index (χ0v) is 22.0. The van der Waals surface area contributed by atoms with E-state index in [2.05, 4.69) is 49.4 Å². The predicted octanol–water partition coefficient (Wildman–Crippen LogP) is 3.46. The van der Waals surface area contributed by atoms with Crippen LogP contribution < -0.4 is 25.6 Å². The summed E-state index contributed by atoms with van der Waals surface area (Å²) in [5.74, 6) is -1.71. The van der Waals surface area contributed by atoms with Crippen molar-refractivity contribution in [1.82, 2.24) is 9.88 Å². The van der Waals surface area contributed by atoms with Crippen LogP contribution in [0.5, 0.6) is 5.75 Å². The number of piperazine rings is 1. The predicted molar refractivity (Wildman–Crippen MR) is 154 cm³/mol. The van der Waals surface area contributed by atoms with Crippen molar-refractivity contribution in [3.8, 4) is 5.75 Å². The Hall–Kier alpha value is -4.70. The van der Waals surface area contributed by atoms with Crippen LogP contribution >= 0.6 is 0 Å². The monoisotopic (exact) mass is 525 g/mol. The second-order valence-electron chi connectivity index (χ2n) is 9.46. The fourth-order valence-corrected chi connectivity index (χ4v) is 4.63. The van der Waals surface area contributed by atoms with Gasteiger partial charge in [0.05, 0.1) is 12.8 Å². The van der Waals surface area contributed by atoms with Gasteiger partial charge in [-0.1, -0.05) is 18.7 Å². The molecule has 200 valence electrons. The molecule has 0 radical (unpaired) electrons. The van der Waals surface area contributed by atoms with Gasteiger partial charge in [-0.05, 0) is 43.5 Å². The SMILES string of the molecule is C=CC(=O)Nc1cccc(C(=O)C2(Nc3ccc(N4CCN(C)CC4)cc3OC)N=Cc3cnccc3N2)c1. The van der Waals surface area contributed by atoms with E-state index in [4.69, 9.17) is 4.74 Å². The smallest absolute Gasteiger partial charge is 0.271 e. The molecule has 1 aromatic heterocycles. The maximum atomic E-state index is 14.1. The molecular formula is C29H31N7O3. The Morgan fingerprint density at radius 2 is 1.95 bits per heavy atom. The summed E-state index contributed by atoms with van der Waals surface area (Å²) < 4.78 is 5.76. The van der Waals surface area contributed by atoms with Crippen LogP contribution in [0.2, 0.25) is 0 Å². The van der Waals surface area contributed by atoms with E-state index in [1.165, 1.54) is 6.08 Å². The summed E-state index contributed by atoms with van der Waals surface area (Å²) >= 11 is 0. The van der Waals surface area contributed by atoms with Gasteiger partial charge in [-0.3, -0.25) is 14.6 Å². The molecule has 1 amide bonds. The lowest BCUT2D eigenvalue weighted by atomic mass is 10.0. The van der Waals surface area contributed by atoms with Crippen LogP contribution in [0, 0.1) is 0 Å². The summed E-state index contributed by atoms with van der Waals surface area (Å²) in [6.45, 7) is 7.29. The number of rotatable bonds is 8. The Bertz CT molecular complexity index is 1430. The maximum Gasteiger partial charge on any atom is 0.271 e. The fourth-order valence-electron chi connectivity index (χ4n) is 4.63. The van der Waals surface area contributed by atoms with Gasteiger partial charge < -0.3 is 30.5 Å². The van der Waals surface area contributed by atoms with Gasteiger partial charge in [-0.25, -0.2) is 4.99 Å². The summed E-state index contributed by atoms with van der Waals surface area (Å²) in [6.07, 6.45) is 6.12. The van der Waals surface area contributed by atoms with Crippen LogP contribution in [0.25, 0.3) is 0 Å². The molecule has 1 saturated heterocycles. The Labute approximate surface area is 227 Å². The van der Waals surface area contributed by atoms with Crippen molar-refractivity contribution in [3.63, 3.8) is 0 Å². The van der Waals surface area contributed by atoms with E-state index in [1.54, 1.807) is 56.0 Å². The number of nitrogens with zero attached hydrogens (tertiary/aromatic N) is 4. The Balaban J connectivity index is 1.50. The first-order valence-corrected chi connectivity index (χ1v) is 12.7. The maximum absolute atomic E-state index is 14.1. The van der Waals surface area contributed by atoms with Crippen molar-refractivity contribution < 1.29 is 14.3 Å². The van der Waals surface area contributed by atoms with Gasteiger partial charge in [-0.2, -0.15) is 0 Å². The lowest BCUT2D eigenvalue weighted by molar-refractivity contribution is -0.111. The fraction of sp³-hybridized carbons (Fsp3) is 0.241. The average molecular weight is 526 g/mol. The number of fused-ring (bicyclic) bond motifs is 1. The zero-order chi connectivity index (χ0) is 27.4. The molecule has 1 unspecified atom stereocenters. The van der Waals surface area contributed by atoms with Crippen molar-refractivity contribution in [2.24, 2.45) is 4.99 Å². The van der Waals surface area contributed by atoms with E-state index >= 15 is 0 Å².